The van der Waals surface area contributed by atoms with Crippen LogP contribution in [0.4, 0.5) is 0 Å². The van der Waals surface area contributed by atoms with Gasteiger partial charge >= 0.3 is 0 Å². The Morgan fingerprint density at radius 3 is 2.80 bits per heavy atom. The van der Waals surface area contributed by atoms with Gasteiger partial charge in [0.25, 0.3) is 0 Å². The highest BCUT2D eigenvalue weighted by molar-refractivity contribution is 5.76. The van der Waals surface area contributed by atoms with Gasteiger partial charge in [0, 0.05) is 19.0 Å². The van der Waals surface area contributed by atoms with Crippen LogP contribution in [0.1, 0.15) is 31.2 Å². The van der Waals surface area contributed by atoms with Crippen molar-refractivity contribution < 1.29 is 9.53 Å². The van der Waals surface area contributed by atoms with Gasteiger partial charge in [0.1, 0.15) is 0 Å². The second kappa shape index (κ2) is 8.02. The summed E-state index contributed by atoms with van der Waals surface area (Å²) >= 11 is 0. The first-order chi connectivity index (χ1) is 9.75. The van der Waals surface area contributed by atoms with Gasteiger partial charge in [-0.2, -0.15) is 0 Å². The number of amides is 1. The number of hydrogen-bond donors (Lipinski definition) is 2. The molecular weight excluding hydrogens is 252 g/mol. The topological polar surface area (TPSA) is 64.4 Å². The van der Waals surface area contributed by atoms with Crippen molar-refractivity contribution in [2.45, 2.75) is 38.3 Å². The standard InChI is InChI=1S/C16H24N2O2/c17-15-8-4-7-14(15)11-16(19)18-9-10-20-12-13-5-2-1-3-6-13/h1-3,5-6,14-15H,4,7-12,17H2,(H,18,19)/t14-,15+/m0/s1. The Kier molecular flexibility index (Phi) is 6.02. The summed E-state index contributed by atoms with van der Waals surface area (Å²) in [6.45, 7) is 1.69. The minimum atomic E-state index is 0.0932. The minimum absolute atomic E-state index is 0.0932. The van der Waals surface area contributed by atoms with E-state index in [9.17, 15) is 4.79 Å². The van der Waals surface area contributed by atoms with E-state index in [0.717, 1.165) is 24.8 Å². The van der Waals surface area contributed by atoms with Crippen molar-refractivity contribution in [2.24, 2.45) is 11.7 Å². The van der Waals surface area contributed by atoms with Crippen molar-refractivity contribution in [3.63, 3.8) is 0 Å². The van der Waals surface area contributed by atoms with E-state index in [0.29, 0.717) is 32.1 Å². The Balaban J connectivity index is 1.53. The highest BCUT2D eigenvalue weighted by Crippen LogP contribution is 2.26. The number of rotatable bonds is 7. The lowest BCUT2D eigenvalue weighted by Gasteiger charge is -2.14. The Bertz CT molecular complexity index is 408. The first-order valence-electron chi connectivity index (χ1n) is 7.39. The molecule has 1 aromatic carbocycles. The fourth-order valence-electron chi connectivity index (χ4n) is 2.66. The molecule has 2 rings (SSSR count). The van der Waals surface area contributed by atoms with Crippen LogP contribution >= 0.6 is 0 Å². The van der Waals surface area contributed by atoms with E-state index in [2.05, 4.69) is 5.32 Å². The first-order valence-corrected chi connectivity index (χ1v) is 7.39. The molecule has 4 heteroatoms. The number of benzene rings is 1. The van der Waals surface area contributed by atoms with Gasteiger partial charge in [-0.15, -0.1) is 0 Å². The van der Waals surface area contributed by atoms with Crippen molar-refractivity contribution in [1.82, 2.24) is 5.32 Å². The number of carbonyl (C=O) groups is 1. The Morgan fingerprint density at radius 1 is 1.30 bits per heavy atom. The number of hydrogen-bond acceptors (Lipinski definition) is 3. The van der Waals surface area contributed by atoms with Crippen molar-refractivity contribution in [1.29, 1.82) is 0 Å². The molecule has 0 aromatic heterocycles. The molecule has 1 aromatic rings. The fourth-order valence-corrected chi connectivity index (χ4v) is 2.66. The fraction of sp³-hybridized carbons (Fsp3) is 0.562. The zero-order chi connectivity index (χ0) is 14.2. The third-order valence-electron chi connectivity index (χ3n) is 3.85. The van der Waals surface area contributed by atoms with Gasteiger partial charge in [0.2, 0.25) is 5.91 Å². The Morgan fingerprint density at radius 2 is 2.10 bits per heavy atom. The lowest BCUT2D eigenvalue weighted by atomic mass is 10.00. The van der Waals surface area contributed by atoms with E-state index < -0.39 is 0 Å². The van der Waals surface area contributed by atoms with Crippen molar-refractivity contribution in [3.05, 3.63) is 35.9 Å². The molecule has 110 valence electrons. The van der Waals surface area contributed by atoms with E-state index in [1.807, 2.05) is 30.3 Å². The maximum atomic E-state index is 11.8. The summed E-state index contributed by atoms with van der Waals surface area (Å²) in [5, 5.41) is 2.90. The predicted molar refractivity (Wildman–Crippen MR) is 79.0 cm³/mol. The average molecular weight is 276 g/mol. The second-order valence-electron chi connectivity index (χ2n) is 5.45. The molecule has 1 aliphatic rings. The molecule has 3 N–H and O–H groups in total. The van der Waals surface area contributed by atoms with Crippen LogP contribution in [0.5, 0.6) is 0 Å². The molecular formula is C16H24N2O2. The quantitative estimate of drug-likeness (QED) is 0.747. The summed E-state index contributed by atoms with van der Waals surface area (Å²) in [4.78, 5) is 11.8. The summed E-state index contributed by atoms with van der Waals surface area (Å²) < 4.78 is 5.52. The van der Waals surface area contributed by atoms with Crippen molar-refractivity contribution in [2.75, 3.05) is 13.2 Å². The predicted octanol–water partition coefficient (Wildman–Crippen LogP) is 1.84. The molecule has 20 heavy (non-hydrogen) atoms. The first kappa shape index (κ1) is 15.0. The average Bonchev–Trinajstić information content (AvgIpc) is 2.85. The summed E-state index contributed by atoms with van der Waals surface area (Å²) in [5.74, 6) is 0.455. The summed E-state index contributed by atoms with van der Waals surface area (Å²) in [5.41, 5.74) is 7.11. The molecule has 1 aliphatic carbocycles. The van der Waals surface area contributed by atoms with Gasteiger partial charge < -0.3 is 15.8 Å². The summed E-state index contributed by atoms with van der Waals surface area (Å²) in [7, 11) is 0. The molecule has 1 fully saturated rings. The lowest BCUT2D eigenvalue weighted by molar-refractivity contribution is -0.122. The molecule has 0 spiro atoms. The van der Waals surface area contributed by atoms with E-state index in [-0.39, 0.29) is 11.9 Å². The van der Waals surface area contributed by atoms with Crippen LogP contribution in [0.2, 0.25) is 0 Å². The van der Waals surface area contributed by atoms with Gasteiger partial charge in [-0.05, 0) is 24.3 Å². The molecule has 1 saturated carbocycles. The van der Waals surface area contributed by atoms with Gasteiger partial charge in [-0.3, -0.25) is 4.79 Å². The van der Waals surface area contributed by atoms with Crippen LogP contribution in [0.25, 0.3) is 0 Å². The van der Waals surface area contributed by atoms with Gasteiger partial charge in [-0.1, -0.05) is 36.8 Å². The zero-order valence-corrected chi connectivity index (χ0v) is 11.9. The molecule has 0 saturated heterocycles. The highest BCUT2D eigenvalue weighted by Gasteiger charge is 2.25. The smallest absolute Gasteiger partial charge is 0.220 e. The van der Waals surface area contributed by atoms with Crippen molar-refractivity contribution in [3.8, 4) is 0 Å². The molecule has 0 heterocycles. The molecule has 0 unspecified atom stereocenters. The van der Waals surface area contributed by atoms with Gasteiger partial charge in [0.05, 0.1) is 13.2 Å². The number of nitrogens with two attached hydrogens (primary N) is 1. The SMILES string of the molecule is N[C@@H]1CCC[C@H]1CC(=O)NCCOCc1ccccc1. The van der Waals surface area contributed by atoms with E-state index in [4.69, 9.17) is 10.5 Å². The van der Waals surface area contributed by atoms with Crippen molar-refractivity contribution >= 4 is 5.91 Å². The Labute approximate surface area is 120 Å². The summed E-state index contributed by atoms with van der Waals surface area (Å²) in [6, 6.07) is 10.2. The van der Waals surface area contributed by atoms with Crippen LogP contribution in [0, 0.1) is 5.92 Å². The van der Waals surface area contributed by atoms with Crippen LogP contribution < -0.4 is 11.1 Å². The van der Waals surface area contributed by atoms with E-state index >= 15 is 0 Å². The number of nitrogens with one attached hydrogen (secondary N) is 1. The van der Waals surface area contributed by atoms with Crippen LogP contribution in [0.15, 0.2) is 30.3 Å². The second-order valence-corrected chi connectivity index (χ2v) is 5.45. The Hall–Kier alpha value is -1.39. The largest absolute Gasteiger partial charge is 0.375 e. The third-order valence-corrected chi connectivity index (χ3v) is 3.85. The molecule has 0 bridgehead atoms. The van der Waals surface area contributed by atoms with Crippen LogP contribution in [0.3, 0.4) is 0 Å². The molecule has 0 aliphatic heterocycles. The maximum absolute atomic E-state index is 11.8. The molecule has 4 nitrogen and oxygen atoms in total. The number of carbonyl (C=O) groups excluding carboxylic acids is 1. The minimum Gasteiger partial charge on any atom is -0.375 e. The highest BCUT2D eigenvalue weighted by atomic mass is 16.5. The van der Waals surface area contributed by atoms with E-state index in [1.54, 1.807) is 0 Å². The van der Waals surface area contributed by atoms with Crippen LogP contribution in [-0.2, 0) is 16.1 Å². The lowest BCUT2D eigenvalue weighted by Crippen LogP contribution is -2.33. The van der Waals surface area contributed by atoms with E-state index in [1.165, 1.54) is 0 Å². The molecule has 1 amide bonds. The normalized spacial score (nSPS) is 21.9. The third kappa shape index (κ3) is 4.94. The zero-order valence-electron chi connectivity index (χ0n) is 11.9. The maximum Gasteiger partial charge on any atom is 0.220 e. The van der Waals surface area contributed by atoms with Gasteiger partial charge in [0.15, 0.2) is 0 Å². The molecule has 2 atom stereocenters. The monoisotopic (exact) mass is 276 g/mol. The van der Waals surface area contributed by atoms with Gasteiger partial charge in [-0.25, -0.2) is 0 Å². The number of ether oxygens (including phenoxy) is 1. The van der Waals surface area contributed by atoms with Crippen LogP contribution in [-0.4, -0.2) is 25.1 Å². The summed E-state index contributed by atoms with van der Waals surface area (Å²) in [6.07, 6.45) is 3.84. The molecule has 0 radical (unpaired) electrons.